The number of hydrogen-bond acceptors (Lipinski definition) is 1. The van der Waals surface area contributed by atoms with Gasteiger partial charge in [0.15, 0.2) is 0 Å². The molecule has 0 saturated carbocycles. The minimum Gasteiger partial charge on any atom is -0.328 e. The van der Waals surface area contributed by atoms with Crippen LogP contribution < -0.4 is 0 Å². The van der Waals surface area contributed by atoms with Crippen LogP contribution in [0.1, 0.15) is 25.5 Å². The van der Waals surface area contributed by atoms with Gasteiger partial charge in [-0.2, -0.15) is 0 Å². The Kier molecular flexibility index (Phi) is 3.37. The molecule has 0 aliphatic carbocycles. The first-order valence-electron chi connectivity index (χ1n) is 6.22. The second-order valence-electron chi connectivity index (χ2n) is 5.17. The Morgan fingerprint density at radius 1 is 1.39 bits per heavy atom. The van der Waals surface area contributed by atoms with Gasteiger partial charge in [0, 0.05) is 6.54 Å². The number of carbonyl (C=O) groups is 1. The van der Waals surface area contributed by atoms with Crippen LogP contribution in [-0.2, 0) is 4.79 Å². The number of hydrogen-bond donors (Lipinski definition) is 0. The first-order chi connectivity index (χ1) is 8.56. The van der Waals surface area contributed by atoms with Gasteiger partial charge in [0.25, 0.3) is 0 Å². The lowest BCUT2D eigenvalue weighted by atomic mass is 9.91. The molecule has 94 valence electrons. The molecule has 0 aromatic heterocycles. The fourth-order valence-corrected chi connectivity index (χ4v) is 2.13. The van der Waals surface area contributed by atoms with E-state index in [9.17, 15) is 4.79 Å². The molecule has 1 aromatic carbocycles. The highest BCUT2D eigenvalue weighted by atomic mass is 16.2. The van der Waals surface area contributed by atoms with Crippen LogP contribution in [0.5, 0.6) is 0 Å². The van der Waals surface area contributed by atoms with Crippen LogP contribution >= 0.6 is 0 Å². The average Bonchev–Trinajstić information content (AvgIpc) is 2.87. The van der Waals surface area contributed by atoms with Crippen LogP contribution in [0.15, 0.2) is 55.1 Å². The van der Waals surface area contributed by atoms with Crippen molar-refractivity contribution in [2.45, 2.75) is 19.9 Å². The van der Waals surface area contributed by atoms with E-state index in [0.717, 1.165) is 5.56 Å². The number of amides is 1. The lowest BCUT2D eigenvalue weighted by Crippen LogP contribution is -2.39. The van der Waals surface area contributed by atoms with Crippen molar-refractivity contribution >= 4 is 5.91 Å². The molecule has 2 heteroatoms. The molecule has 0 saturated heterocycles. The first-order valence-corrected chi connectivity index (χ1v) is 6.22. The summed E-state index contributed by atoms with van der Waals surface area (Å²) in [6.45, 7) is 8.24. The molecule has 1 heterocycles. The zero-order chi connectivity index (χ0) is 13.2. The Bertz CT molecular complexity index is 473. The third kappa shape index (κ3) is 2.23. The molecule has 1 amide bonds. The molecular formula is C16H19NO. The Balaban J connectivity index is 2.25. The number of carbonyl (C=O) groups excluding carboxylic acids is 1. The van der Waals surface area contributed by atoms with Crippen LogP contribution in [0.3, 0.4) is 0 Å². The van der Waals surface area contributed by atoms with Crippen LogP contribution in [0, 0.1) is 5.41 Å². The summed E-state index contributed by atoms with van der Waals surface area (Å²) in [7, 11) is 0. The summed E-state index contributed by atoms with van der Waals surface area (Å²) in [5, 5.41) is 0. The standard InChI is InChI=1S/C16H19NO/c1-4-16(2,3)15(18)17-12-8-11-14(17)13-9-6-5-7-10-13/h4-11,14H,1,12H2,2-3H3/t14-/m0/s1. The van der Waals surface area contributed by atoms with Crippen molar-refractivity contribution < 1.29 is 4.79 Å². The second-order valence-corrected chi connectivity index (χ2v) is 5.17. The fourth-order valence-electron chi connectivity index (χ4n) is 2.13. The summed E-state index contributed by atoms with van der Waals surface area (Å²) >= 11 is 0. The Morgan fingerprint density at radius 2 is 2.06 bits per heavy atom. The molecule has 1 aromatic rings. The Hall–Kier alpha value is -1.83. The molecule has 0 unspecified atom stereocenters. The van der Waals surface area contributed by atoms with E-state index < -0.39 is 5.41 Å². The number of nitrogens with zero attached hydrogens (tertiary/aromatic N) is 1. The van der Waals surface area contributed by atoms with Crippen LogP contribution in [0.25, 0.3) is 0 Å². The van der Waals surface area contributed by atoms with Crippen molar-refractivity contribution in [2.75, 3.05) is 6.54 Å². The van der Waals surface area contributed by atoms with Crippen molar-refractivity contribution in [3.05, 3.63) is 60.7 Å². The highest BCUT2D eigenvalue weighted by molar-refractivity contribution is 5.85. The zero-order valence-corrected chi connectivity index (χ0v) is 11.0. The first kappa shape index (κ1) is 12.6. The summed E-state index contributed by atoms with van der Waals surface area (Å²) in [6, 6.07) is 10.2. The maximum absolute atomic E-state index is 12.5. The maximum atomic E-state index is 12.5. The quantitative estimate of drug-likeness (QED) is 0.743. The summed E-state index contributed by atoms with van der Waals surface area (Å²) in [5.74, 6) is 0.122. The third-order valence-electron chi connectivity index (χ3n) is 3.42. The second kappa shape index (κ2) is 4.81. The van der Waals surface area contributed by atoms with Gasteiger partial charge in [0.05, 0.1) is 11.5 Å². The molecule has 1 aliphatic rings. The number of benzene rings is 1. The van der Waals surface area contributed by atoms with Gasteiger partial charge in [0.1, 0.15) is 0 Å². The molecule has 0 bridgehead atoms. The topological polar surface area (TPSA) is 20.3 Å². The van der Waals surface area contributed by atoms with E-state index >= 15 is 0 Å². The Morgan fingerprint density at radius 3 is 2.67 bits per heavy atom. The summed E-state index contributed by atoms with van der Waals surface area (Å²) in [6.07, 6.45) is 5.86. The molecule has 18 heavy (non-hydrogen) atoms. The lowest BCUT2D eigenvalue weighted by molar-refractivity contribution is -0.138. The van der Waals surface area contributed by atoms with Crippen molar-refractivity contribution in [2.24, 2.45) is 5.41 Å². The summed E-state index contributed by atoms with van der Waals surface area (Å²) in [5.41, 5.74) is 0.637. The highest BCUT2D eigenvalue weighted by Gasteiger charge is 2.34. The maximum Gasteiger partial charge on any atom is 0.233 e. The van der Waals surface area contributed by atoms with Gasteiger partial charge in [-0.05, 0) is 19.4 Å². The minimum atomic E-state index is -0.515. The van der Waals surface area contributed by atoms with E-state index in [1.54, 1.807) is 6.08 Å². The molecule has 2 rings (SSSR count). The molecule has 2 nitrogen and oxygen atoms in total. The van der Waals surface area contributed by atoms with E-state index in [2.05, 4.69) is 30.9 Å². The molecule has 1 atom stereocenters. The highest BCUT2D eigenvalue weighted by Crippen LogP contribution is 2.31. The normalized spacial score (nSPS) is 19.0. The largest absolute Gasteiger partial charge is 0.328 e. The van der Waals surface area contributed by atoms with Crippen LogP contribution in [-0.4, -0.2) is 17.4 Å². The van der Waals surface area contributed by atoms with Gasteiger partial charge in [0.2, 0.25) is 5.91 Å². The van der Waals surface area contributed by atoms with Crippen LogP contribution in [0.2, 0.25) is 0 Å². The fraction of sp³-hybridized carbons (Fsp3) is 0.312. The molecule has 1 aliphatic heterocycles. The predicted molar refractivity (Wildman–Crippen MR) is 74.0 cm³/mol. The molecule has 0 radical (unpaired) electrons. The SMILES string of the molecule is C=CC(C)(C)C(=O)N1CC=C[C@H]1c1ccccc1. The van der Waals surface area contributed by atoms with E-state index in [0.29, 0.717) is 6.54 Å². The van der Waals surface area contributed by atoms with Crippen molar-refractivity contribution in [1.29, 1.82) is 0 Å². The zero-order valence-electron chi connectivity index (χ0n) is 11.0. The molecule has 0 spiro atoms. The van der Waals surface area contributed by atoms with Gasteiger partial charge in [-0.3, -0.25) is 4.79 Å². The van der Waals surface area contributed by atoms with Crippen molar-refractivity contribution in [3.63, 3.8) is 0 Å². The van der Waals surface area contributed by atoms with Gasteiger partial charge in [-0.25, -0.2) is 0 Å². The lowest BCUT2D eigenvalue weighted by Gasteiger charge is -2.31. The smallest absolute Gasteiger partial charge is 0.233 e. The Labute approximate surface area is 109 Å². The average molecular weight is 241 g/mol. The molecule has 0 N–H and O–H groups in total. The minimum absolute atomic E-state index is 0.0536. The molecular weight excluding hydrogens is 222 g/mol. The van der Waals surface area contributed by atoms with Gasteiger partial charge >= 0.3 is 0 Å². The van der Waals surface area contributed by atoms with Crippen molar-refractivity contribution in [3.8, 4) is 0 Å². The van der Waals surface area contributed by atoms with E-state index in [1.165, 1.54) is 0 Å². The predicted octanol–water partition coefficient (Wildman–Crippen LogP) is 3.34. The van der Waals surface area contributed by atoms with Gasteiger partial charge in [-0.1, -0.05) is 48.6 Å². The van der Waals surface area contributed by atoms with E-state index in [1.807, 2.05) is 36.9 Å². The van der Waals surface area contributed by atoms with E-state index in [-0.39, 0.29) is 11.9 Å². The summed E-state index contributed by atoms with van der Waals surface area (Å²) < 4.78 is 0. The number of rotatable bonds is 3. The van der Waals surface area contributed by atoms with Gasteiger partial charge < -0.3 is 4.90 Å². The van der Waals surface area contributed by atoms with Gasteiger partial charge in [-0.15, -0.1) is 6.58 Å². The van der Waals surface area contributed by atoms with E-state index in [4.69, 9.17) is 0 Å². The summed E-state index contributed by atoms with van der Waals surface area (Å²) in [4.78, 5) is 14.4. The third-order valence-corrected chi connectivity index (χ3v) is 3.42. The van der Waals surface area contributed by atoms with Crippen molar-refractivity contribution in [1.82, 2.24) is 4.90 Å². The van der Waals surface area contributed by atoms with Crippen LogP contribution in [0.4, 0.5) is 0 Å². The molecule has 0 fully saturated rings. The monoisotopic (exact) mass is 241 g/mol.